The molecule has 0 spiro atoms. The van der Waals surface area contributed by atoms with E-state index < -0.39 is 0 Å². The third kappa shape index (κ3) is 1.44. The molecule has 4 nitrogen and oxygen atoms in total. The third-order valence-corrected chi connectivity index (χ3v) is 2.58. The molecule has 1 aromatic rings. The Labute approximate surface area is 90.9 Å². The van der Waals surface area contributed by atoms with Crippen LogP contribution in [0.15, 0.2) is 0 Å². The molecule has 0 fully saturated rings. The molecule has 2 heterocycles. The van der Waals surface area contributed by atoms with Gasteiger partial charge in [0.2, 0.25) is 5.28 Å². The molecule has 74 valence electrons. The van der Waals surface area contributed by atoms with Crippen LogP contribution in [0.1, 0.15) is 16.8 Å². The van der Waals surface area contributed by atoms with E-state index in [4.69, 9.17) is 23.2 Å². The molecule has 0 saturated carbocycles. The molecule has 0 N–H and O–H groups in total. The van der Waals surface area contributed by atoms with Gasteiger partial charge in [-0.25, -0.2) is 4.98 Å². The van der Waals surface area contributed by atoms with Crippen LogP contribution in [0.5, 0.6) is 0 Å². The highest BCUT2D eigenvalue weighted by Gasteiger charge is 2.26. The van der Waals surface area contributed by atoms with Crippen LogP contribution in [0.4, 0.5) is 5.82 Å². The van der Waals surface area contributed by atoms with Crippen molar-refractivity contribution in [1.29, 1.82) is 0 Å². The lowest BCUT2D eigenvalue weighted by Gasteiger charge is -2.25. The highest BCUT2D eigenvalue weighted by Crippen LogP contribution is 2.29. The van der Waals surface area contributed by atoms with E-state index in [0.29, 0.717) is 24.3 Å². The molecule has 6 heteroatoms. The Kier molecular flexibility index (Phi) is 2.33. The maximum Gasteiger partial charge on any atom is 0.225 e. The van der Waals surface area contributed by atoms with Crippen LogP contribution in [0.25, 0.3) is 0 Å². The molecule has 0 saturated heterocycles. The van der Waals surface area contributed by atoms with Crippen molar-refractivity contribution >= 4 is 34.8 Å². The van der Waals surface area contributed by atoms with E-state index >= 15 is 0 Å². The van der Waals surface area contributed by atoms with E-state index in [1.165, 1.54) is 0 Å². The first-order valence-corrected chi connectivity index (χ1v) is 4.82. The van der Waals surface area contributed by atoms with Crippen molar-refractivity contribution in [3.8, 4) is 0 Å². The van der Waals surface area contributed by atoms with Gasteiger partial charge in [0.05, 0.1) is 5.56 Å². The van der Waals surface area contributed by atoms with Gasteiger partial charge in [-0.3, -0.25) is 4.79 Å². The van der Waals surface area contributed by atoms with Crippen molar-refractivity contribution in [2.24, 2.45) is 0 Å². The fourth-order valence-electron chi connectivity index (χ4n) is 1.41. The molecular weight excluding hydrogens is 225 g/mol. The fourth-order valence-corrected chi connectivity index (χ4v) is 1.89. The zero-order valence-electron chi connectivity index (χ0n) is 7.42. The Morgan fingerprint density at radius 3 is 2.79 bits per heavy atom. The number of halogens is 2. The number of rotatable bonds is 0. The number of hydrogen-bond acceptors (Lipinski definition) is 4. The maximum absolute atomic E-state index is 11.5. The summed E-state index contributed by atoms with van der Waals surface area (Å²) in [4.78, 5) is 21.1. The van der Waals surface area contributed by atoms with Crippen LogP contribution >= 0.6 is 23.2 Å². The van der Waals surface area contributed by atoms with Crippen molar-refractivity contribution in [2.45, 2.75) is 6.42 Å². The van der Waals surface area contributed by atoms with Gasteiger partial charge in [-0.2, -0.15) is 4.98 Å². The van der Waals surface area contributed by atoms with E-state index in [9.17, 15) is 4.79 Å². The Morgan fingerprint density at radius 2 is 2.07 bits per heavy atom. The van der Waals surface area contributed by atoms with Gasteiger partial charge < -0.3 is 4.90 Å². The Morgan fingerprint density at radius 1 is 1.36 bits per heavy atom. The number of fused-ring (bicyclic) bond motifs is 1. The summed E-state index contributed by atoms with van der Waals surface area (Å²) in [7, 11) is 1.84. The summed E-state index contributed by atoms with van der Waals surface area (Å²) in [6, 6.07) is 0. The molecule has 1 aliphatic heterocycles. The first-order chi connectivity index (χ1) is 6.59. The smallest absolute Gasteiger partial charge is 0.225 e. The van der Waals surface area contributed by atoms with Gasteiger partial charge in [-0.05, 0) is 11.6 Å². The quantitative estimate of drug-likeness (QED) is 0.505. The topological polar surface area (TPSA) is 46.1 Å². The third-order valence-electron chi connectivity index (χ3n) is 2.13. The molecule has 0 aromatic carbocycles. The average molecular weight is 232 g/mol. The minimum atomic E-state index is -0.0280. The molecule has 0 bridgehead atoms. The normalized spacial score (nSPS) is 15.6. The van der Waals surface area contributed by atoms with Crippen LogP contribution in [0.3, 0.4) is 0 Å². The monoisotopic (exact) mass is 231 g/mol. The van der Waals surface area contributed by atoms with Crippen LogP contribution in [0, 0.1) is 0 Å². The van der Waals surface area contributed by atoms with Crippen LogP contribution < -0.4 is 4.90 Å². The minimum absolute atomic E-state index is 0.0280. The molecule has 0 amide bonds. The molecule has 0 radical (unpaired) electrons. The lowest BCUT2D eigenvalue weighted by atomic mass is 10.1. The maximum atomic E-state index is 11.5. The van der Waals surface area contributed by atoms with Crippen molar-refractivity contribution in [2.75, 3.05) is 18.5 Å². The number of ketones is 1. The fraction of sp³-hybridized carbons (Fsp3) is 0.375. The number of hydrogen-bond donors (Lipinski definition) is 0. The first kappa shape index (κ1) is 9.68. The predicted octanol–water partition coefficient (Wildman–Crippen LogP) is 1.81. The first-order valence-electron chi connectivity index (χ1n) is 4.07. The Bertz CT molecular complexity index is 408. The van der Waals surface area contributed by atoms with Crippen molar-refractivity contribution < 1.29 is 4.79 Å². The molecule has 0 unspecified atom stereocenters. The second kappa shape index (κ2) is 3.37. The Hall–Kier alpha value is -0.870. The number of aromatic nitrogens is 2. The Balaban J connectivity index is 2.66. The van der Waals surface area contributed by atoms with Gasteiger partial charge >= 0.3 is 0 Å². The van der Waals surface area contributed by atoms with Gasteiger partial charge in [0.15, 0.2) is 5.78 Å². The van der Waals surface area contributed by atoms with Gasteiger partial charge in [0.1, 0.15) is 11.0 Å². The minimum Gasteiger partial charge on any atom is -0.358 e. The SMILES string of the molecule is CN1CCC(=O)c2c(Cl)nc(Cl)nc21. The molecule has 0 aliphatic carbocycles. The molecule has 14 heavy (non-hydrogen) atoms. The van der Waals surface area contributed by atoms with Gasteiger partial charge in [-0.1, -0.05) is 11.6 Å². The van der Waals surface area contributed by atoms with E-state index in [-0.39, 0.29) is 16.2 Å². The van der Waals surface area contributed by atoms with Crippen molar-refractivity contribution in [3.63, 3.8) is 0 Å². The number of anilines is 1. The molecule has 1 aliphatic rings. The van der Waals surface area contributed by atoms with Crippen LogP contribution in [-0.2, 0) is 0 Å². The predicted molar refractivity (Wildman–Crippen MR) is 54.3 cm³/mol. The summed E-state index contributed by atoms with van der Waals surface area (Å²) in [5.41, 5.74) is 0.379. The van der Waals surface area contributed by atoms with Crippen molar-refractivity contribution in [1.82, 2.24) is 9.97 Å². The number of Topliss-reactive ketones (excluding diaryl/α,β-unsaturated/α-hetero) is 1. The number of nitrogens with zero attached hydrogens (tertiary/aromatic N) is 3. The average Bonchev–Trinajstić information content (AvgIpc) is 2.10. The second-order valence-electron chi connectivity index (χ2n) is 3.08. The summed E-state index contributed by atoms with van der Waals surface area (Å²) in [6.07, 6.45) is 0.439. The highest BCUT2D eigenvalue weighted by atomic mass is 35.5. The standard InChI is InChI=1S/C8H7Cl2N3O/c1-13-3-2-4(14)5-6(9)11-8(10)12-7(5)13/h2-3H2,1H3. The van der Waals surface area contributed by atoms with Crippen LogP contribution in [0.2, 0.25) is 10.4 Å². The summed E-state index contributed by atoms with van der Waals surface area (Å²) >= 11 is 11.5. The van der Waals surface area contributed by atoms with E-state index in [2.05, 4.69) is 9.97 Å². The second-order valence-corrected chi connectivity index (χ2v) is 3.77. The van der Waals surface area contributed by atoms with Gasteiger partial charge in [-0.15, -0.1) is 0 Å². The molecule has 2 rings (SSSR count). The van der Waals surface area contributed by atoms with Gasteiger partial charge in [0, 0.05) is 20.0 Å². The van der Waals surface area contributed by atoms with E-state index in [1.54, 1.807) is 0 Å². The number of carbonyl (C=O) groups is 1. The lowest BCUT2D eigenvalue weighted by molar-refractivity contribution is 0.0980. The van der Waals surface area contributed by atoms with E-state index in [1.807, 2.05) is 11.9 Å². The summed E-state index contributed by atoms with van der Waals surface area (Å²) in [6.45, 7) is 0.634. The van der Waals surface area contributed by atoms with Gasteiger partial charge in [0.25, 0.3) is 0 Å². The largest absolute Gasteiger partial charge is 0.358 e. The van der Waals surface area contributed by atoms with E-state index in [0.717, 1.165) is 0 Å². The zero-order chi connectivity index (χ0) is 10.3. The summed E-state index contributed by atoms with van der Waals surface area (Å²) in [5, 5.41) is 0.201. The molecule has 1 aromatic heterocycles. The van der Waals surface area contributed by atoms with Crippen molar-refractivity contribution in [3.05, 3.63) is 16.0 Å². The summed E-state index contributed by atoms with van der Waals surface area (Å²) < 4.78 is 0. The molecular formula is C8H7Cl2N3O. The summed E-state index contributed by atoms with van der Waals surface area (Å²) in [5.74, 6) is 0.492. The zero-order valence-corrected chi connectivity index (χ0v) is 8.93. The highest BCUT2D eigenvalue weighted by molar-refractivity contribution is 6.35. The number of carbonyl (C=O) groups excluding carboxylic acids is 1. The lowest BCUT2D eigenvalue weighted by Crippen LogP contribution is -2.30. The molecule has 0 atom stereocenters. The van der Waals surface area contributed by atoms with Crippen LogP contribution in [-0.4, -0.2) is 29.3 Å².